The fourth-order valence-electron chi connectivity index (χ4n) is 2.45. The zero-order chi connectivity index (χ0) is 16.9. The van der Waals surface area contributed by atoms with E-state index < -0.39 is 0 Å². The summed E-state index contributed by atoms with van der Waals surface area (Å²) in [5, 5.41) is 8.14. The van der Waals surface area contributed by atoms with Gasteiger partial charge in [-0.3, -0.25) is 4.79 Å². The van der Waals surface area contributed by atoms with Crippen molar-refractivity contribution >= 4 is 17.8 Å². The van der Waals surface area contributed by atoms with Crippen LogP contribution in [-0.4, -0.2) is 54.3 Å². The Labute approximate surface area is 140 Å². The van der Waals surface area contributed by atoms with Crippen LogP contribution in [0.4, 0.5) is 5.82 Å². The predicted octanol–water partition coefficient (Wildman–Crippen LogP) is 1.83. The number of hydrogen-bond acceptors (Lipinski definition) is 6. The van der Waals surface area contributed by atoms with E-state index >= 15 is 0 Å². The molecule has 0 spiro atoms. The zero-order valence-electron chi connectivity index (χ0n) is 13.8. The van der Waals surface area contributed by atoms with Crippen molar-refractivity contribution in [2.24, 2.45) is 0 Å². The van der Waals surface area contributed by atoms with Crippen molar-refractivity contribution in [2.45, 2.75) is 12.5 Å². The van der Waals surface area contributed by atoms with Gasteiger partial charge in [-0.05, 0) is 24.3 Å². The van der Waals surface area contributed by atoms with Gasteiger partial charge in [-0.25, -0.2) is 0 Å². The summed E-state index contributed by atoms with van der Waals surface area (Å²) < 4.78 is 11.0. The molecule has 1 amide bonds. The summed E-state index contributed by atoms with van der Waals surface area (Å²) in [6, 6.07) is 7.23. The van der Waals surface area contributed by atoms with Gasteiger partial charge in [-0.2, -0.15) is 0 Å². The number of amides is 1. The molecule has 0 aromatic carbocycles. The van der Waals surface area contributed by atoms with Gasteiger partial charge in [-0.1, -0.05) is 0 Å². The third kappa shape index (κ3) is 3.92. The largest absolute Gasteiger partial charge is 0.471 e. The maximum atomic E-state index is 12.2. The van der Waals surface area contributed by atoms with Gasteiger partial charge in [-0.15, -0.1) is 10.2 Å². The Morgan fingerprint density at radius 3 is 2.92 bits per heavy atom. The standard InChI is InChI=1S/C17H20N4O3/c1-20(2)15-6-7-16(19-18-15)24-14-9-10-21(12-14)17(22)8-5-13-4-3-11-23-13/h3-8,11,14H,9-10,12H2,1-2H3. The minimum Gasteiger partial charge on any atom is -0.471 e. The summed E-state index contributed by atoms with van der Waals surface area (Å²) in [5.74, 6) is 1.86. The molecule has 0 N–H and O–H groups in total. The molecule has 1 aliphatic rings. The van der Waals surface area contributed by atoms with E-state index in [9.17, 15) is 4.79 Å². The van der Waals surface area contributed by atoms with Gasteiger partial charge < -0.3 is 19.0 Å². The Bertz CT molecular complexity index is 695. The molecule has 1 atom stereocenters. The molecule has 7 heteroatoms. The van der Waals surface area contributed by atoms with Gasteiger partial charge in [0.15, 0.2) is 5.82 Å². The molecule has 126 valence electrons. The van der Waals surface area contributed by atoms with E-state index in [1.165, 1.54) is 6.08 Å². The van der Waals surface area contributed by atoms with Crippen LogP contribution >= 0.6 is 0 Å². The average molecular weight is 328 g/mol. The molecule has 1 aliphatic heterocycles. The molecule has 3 rings (SSSR count). The number of furan rings is 1. The molecule has 7 nitrogen and oxygen atoms in total. The smallest absolute Gasteiger partial charge is 0.246 e. The lowest BCUT2D eigenvalue weighted by molar-refractivity contribution is -0.125. The molecule has 2 aromatic rings. The maximum absolute atomic E-state index is 12.2. The van der Waals surface area contributed by atoms with Crippen molar-refractivity contribution < 1.29 is 13.9 Å². The highest BCUT2D eigenvalue weighted by atomic mass is 16.5. The molecular weight excluding hydrogens is 308 g/mol. The SMILES string of the molecule is CN(C)c1ccc(OC2CCN(C(=O)C=Cc3ccco3)C2)nn1. The summed E-state index contributed by atoms with van der Waals surface area (Å²) in [4.78, 5) is 15.8. The third-order valence-electron chi connectivity index (χ3n) is 3.76. The monoisotopic (exact) mass is 328 g/mol. The first-order valence-corrected chi connectivity index (χ1v) is 7.80. The summed E-state index contributed by atoms with van der Waals surface area (Å²) in [6.07, 6.45) is 5.48. The molecule has 0 bridgehead atoms. The van der Waals surface area contributed by atoms with E-state index in [2.05, 4.69) is 10.2 Å². The van der Waals surface area contributed by atoms with Crippen LogP contribution in [0.25, 0.3) is 6.08 Å². The number of anilines is 1. The lowest BCUT2D eigenvalue weighted by Gasteiger charge is -2.15. The topological polar surface area (TPSA) is 71.7 Å². The molecule has 2 aromatic heterocycles. The highest BCUT2D eigenvalue weighted by molar-refractivity contribution is 5.91. The number of carbonyl (C=O) groups excluding carboxylic acids is 1. The van der Waals surface area contributed by atoms with E-state index in [4.69, 9.17) is 9.15 Å². The van der Waals surface area contributed by atoms with Crippen molar-refractivity contribution in [3.63, 3.8) is 0 Å². The Hall–Kier alpha value is -2.83. The number of ether oxygens (including phenoxy) is 1. The predicted molar refractivity (Wildman–Crippen MR) is 89.7 cm³/mol. The van der Waals surface area contributed by atoms with Crippen LogP contribution in [0.1, 0.15) is 12.2 Å². The van der Waals surface area contributed by atoms with Crippen LogP contribution in [0.3, 0.4) is 0 Å². The Kier molecular flexibility index (Phi) is 4.79. The van der Waals surface area contributed by atoms with E-state index in [1.54, 1.807) is 35.4 Å². The Balaban J connectivity index is 1.52. The molecule has 0 aliphatic carbocycles. The number of rotatable bonds is 5. The highest BCUT2D eigenvalue weighted by Crippen LogP contribution is 2.18. The third-order valence-corrected chi connectivity index (χ3v) is 3.76. The molecule has 1 unspecified atom stereocenters. The van der Waals surface area contributed by atoms with Crippen molar-refractivity contribution in [3.8, 4) is 5.88 Å². The van der Waals surface area contributed by atoms with Crippen LogP contribution < -0.4 is 9.64 Å². The normalized spacial score (nSPS) is 17.4. The van der Waals surface area contributed by atoms with Crippen molar-refractivity contribution in [3.05, 3.63) is 42.4 Å². The van der Waals surface area contributed by atoms with Crippen LogP contribution in [0.5, 0.6) is 5.88 Å². The van der Waals surface area contributed by atoms with Gasteiger partial charge in [0.25, 0.3) is 0 Å². The molecule has 1 fully saturated rings. The molecule has 0 radical (unpaired) electrons. The van der Waals surface area contributed by atoms with E-state index in [0.717, 1.165) is 12.2 Å². The number of carbonyl (C=O) groups is 1. The zero-order valence-corrected chi connectivity index (χ0v) is 13.8. The van der Waals surface area contributed by atoms with Crippen LogP contribution in [0, 0.1) is 0 Å². The maximum Gasteiger partial charge on any atom is 0.246 e. The summed E-state index contributed by atoms with van der Waals surface area (Å²) >= 11 is 0. The second kappa shape index (κ2) is 7.16. The molecule has 1 saturated heterocycles. The van der Waals surface area contributed by atoms with E-state index in [1.807, 2.05) is 25.1 Å². The fourth-order valence-corrected chi connectivity index (χ4v) is 2.45. The number of aromatic nitrogens is 2. The van der Waals surface area contributed by atoms with Crippen molar-refractivity contribution in [1.82, 2.24) is 15.1 Å². The van der Waals surface area contributed by atoms with E-state index in [-0.39, 0.29) is 12.0 Å². The average Bonchev–Trinajstić information content (AvgIpc) is 3.25. The molecule has 0 saturated carbocycles. The Morgan fingerprint density at radius 1 is 1.38 bits per heavy atom. The Morgan fingerprint density at radius 2 is 2.25 bits per heavy atom. The van der Waals surface area contributed by atoms with Crippen molar-refractivity contribution in [2.75, 3.05) is 32.1 Å². The van der Waals surface area contributed by atoms with Gasteiger partial charge in [0.2, 0.25) is 11.8 Å². The quantitative estimate of drug-likeness (QED) is 0.780. The minimum atomic E-state index is -0.0644. The van der Waals surface area contributed by atoms with E-state index in [0.29, 0.717) is 24.7 Å². The first-order chi connectivity index (χ1) is 11.6. The van der Waals surface area contributed by atoms with Gasteiger partial charge in [0, 0.05) is 39.2 Å². The minimum absolute atomic E-state index is 0.0495. The summed E-state index contributed by atoms with van der Waals surface area (Å²) in [6.45, 7) is 1.20. The summed E-state index contributed by atoms with van der Waals surface area (Å²) in [5.41, 5.74) is 0. The van der Waals surface area contributed by atoms with Crippen LogP contribution in [0.2, 0.25) is 0 Å². The molecule has 24 heavy (non-hydrogen) atoms. The fraction of sp³-hybridized carbons (Fsp3) is 0.353. The second-order valence-corrected chi connectivity index (χ2v) is 5.79. The van der Waals surface area contributed by atoms with Gasteiger partial charge in [0.1, 0.15) is 11.9 Å². The number of nitrogens with zero attached hydrogens (tertiary/aromatic N) is 4. The number of hydrogen-bond donors (Lipinski definition) is 0. The lowest BCUT2D eigenvalue weighted by Crippen LogP contribution is -2.29. The summed E-state index contributed by atoms with van der Waals surface area (Å²) in [7, 11) is 3.81. The second-order valence-electron chi connectivity index (χ2n) is 5.79. The first-order valence-electron chi connectivity index (χ1n) is 7.80. The van der Waals surface area contributed by atoms with Crippen LogP contribution in [-0.2, 0) is 4.79 Å². The van der Waals surface area contributed by atoms with Gasteiger partial charge in [0.05, 0.1) is 12.8 Å². The molecular formula is C17H20N4O3. The number of likely N-dealkylation sites (tertiary alicyclic amines) is 1. The van der Waals surface area contributed by atoms with Crippen molar-refractivity contribution in [1.29, 1.82) is 0 Å². The first kappa shape index (κ1) is 16.0. The lowest BCUT2D eigenvalue weighted by atomic mass is 10.3. The highest BCUT2D eigenvalue weighted by Gasteiger charge is 2.26. The van der Waals surface area contributed by atoms with Crippen LogP contribution in [0.15, 0.2) is 41.0 Å². The molecule has 3 heterocycles. The van der Waals surface area contributed by atoms with Gasteiger partial charge >= 0.3 is 0 Å².